The molecule has 92 valence electrons. The van der Waals surface area contributed by atoms with Gasteiger partial charge in [0.2, 0.25) is 0 Å². The molecule has 0 saturated carbocycles. The standard InChI is InChI=1S/C9H23N3O2S/c1-8(5-6-10)7-11-15(13,14)12-9(2,3)4/h8,11-12H,5-7,10H2,1-4H3. The van der Waals surface area contributed by atoms with E-state index in [9.17, 15) is 8.42 Å². The Morgan fingerprint density at radius 3 is 2.27 bits per heavy atom. The van der Waals surface area contributed by atoms with Gasteiger partial charge < -0.3 is 5.73 Å². The number of nitrogens with one attached hydrogen (secondary N) is 2. The van der Waals surface area contributed by atoms with Gasteiger partial charge in [0, 0.05) is 12.1 Å². The molecule has 0 aliphatic heterocycles. The quantitative estimate of drug-likeness (QED) is 0.617. The Morgan fingerprint density at radius 1 is 1.33 bits per heavy atom. The fraction of sp³-hybridized carbons (Fsp3) is 1.00. The lowest BCUT2D eigenvalue weighted by molar-refractivity contribution is 0.470. The Morgan fingerprint density at radius 2 is 1.87 bits per heavy atom. The van der Waals surface area contributed by atoms with Crippen molar-refractivity contribution in [3.63, 3.8) is 0 Å². The second-order valence-corrected chi connectivity index (χ2v) is 6.39. The van der Waals surface area contributed by atoms with Gasteiger partial charge >= 0.3 is 0 Å². The minimum atomic E-state index is -3.39. The molecule has 0 amide bonds. The van der Waals surface area contributed by atoms with Crippen molar-refractivity contribution in [3.8, 4) is 0 Å². The SMILES string of the molecule is CC(CCN)CNS(=O)(=O)NC(C)(C)C. The minimum absolute atomic E-state index is 0.256. The average molecular weight is 237 g/mol. The normalized spacial score (nSPS) is 15.3. The molecular weight excluding hydrogens is 214 g/mol. The molecule has 15 heavy (non-hydrogen) atoms. The predicted molar refractivity (Wildman–Crippen MR) is 62.6 cm³/mol. The first-order valence-corrected chi connectivity index (χ1v) is 6.63. The Bertz CT molecular complexity index is 270. The second kappa shape index (κ2) is 5.79. The molecule has 0 fully saturated rings. The minimum Gasteiger partial charge on any atom is -0.330 e. The Balaban J connectivity index is 4.06. The molecule has 0 aromatic carbocycles. The Kier molecular flexibility index (Phi) is 5.72. The van der Waals surface area contributed by atoms with Gasteiger partial charge in [-0.15, -0.1) is 0 Å². The molecule has 0 aromatic heterocycles. The van der Waals surface area contributed by atoms with Crippen LogP contribution in [0.2, 0.25) is 0 Å². The number of rotatable bonds is 6. The van der Waals surface area contributed by atoms with E-state index in [0.29, 0.717) is 13.1 Å². The number of hydrogen-bond acceptors (Lipinski definition) is 3. The highest BCUT2D eigenvalue weighted by Gasteiger charge is 2.19. The molecule has 1 unspecified atom stereocenters. The third-order valence-electron chi connectivity index (χ3n) is 1.72. The third-order valence-corrected chi connectivity index (χ3v) is 3.15. The van der Waals surface area contributed by atoms with Crippen molar-refractivity contribution in [2.75, 3.05) is 13.1 Å². The lowest BCUT2D eigenvalue weighted by atomic mass is 10.1. The van der Waals surface area contributed by atoms with Crippen molar-refractivity contribution >= 4 is 10.2 Å². The molecule has 0 rings (SSSR count). The van der Waals surface area contributed by atoms with Crippen LogP contribution in [0.25, 0.3) is 0 Å². The van der Waals surface area contributed by atoms with E-state index in [1.54, 1.807) is 20.8 Å². The van der Waals surface area contributed by atoms with Crippen molar-refractivity contribution in [1.29, 1.82) is 0 Å². The van der Waals surface area contributed by atoms with Crippen molar-refractivity contribution in [2.45, 2.75) is 39.7 Å². The summed E-state index contributed by atoms with van der Waals surface area (Å²) in [6, 6.07) is 0. The van der Waals surface area contributed by atoms with E-state index >= 15 is 0 Å². The fourth-order valence-electron chi connectivity index (χ4n) is 1.08. The third kappa shape index (κ3) is 8.80. The average Bonchev–Trinajstić information content (AvgIpc) is 1.97. The van der Waals surface area contributed by atoms with E-state index in [1.807, 2.05) is 6.92 Å². The van der Waals surface area contributed by atoms with Gasteiger partial charge in [-0.3, -0.25) is 0 Å². The Hall–Kier alpha value is -0.170. The van der Waals surface area contributed by atoms with E-state index in [1.165, 1.54) is 0 Å². The van der Waals surface area contributed by atoms with Crippen LogP contribution in [0.1, 0.15) is 34.1 Å². The van der Waals surface area contributed by atoms with Crippen LogP contribution in [-0.4, -0.2) is 27.0 Å². The number of hydrogen-bond donors (Lipinski definition) is 3. The molecule has 0 aromatic rings. The molecule has 5 nitrogen and oxygen atoms in total. The molecule has 0 spiro atoms. The van der Waals surface area contributed by atoms with Gasteiger partial charge in [0.15, 0.2) is 0 Å². The summed E-state index contributed by atoms with van der Waals surface area (Å²) < 4.78 is 28.0. The maximum atomic E-state index is 11.5. The van der Waals surface area contributed by atoms with E-state index in [2.05, 4.69) is 9.44 Å². The molecule has 1 atom stereocenters. The van der Waals surface area contributed by atoms with Crippen LogP contribution in [0.5, 0.6) is 0 Å². The van der Waals surface area contributed by atoms with Crippen LogP contribution in [0, 0.1) is 5.92 Å². The van der Waals surface area contributed by atoms with Gasteiger partial charge in [0.1, 0.15) is 0 Å². The van der Waals surface area contributed by atoms with Crippen LogP contribution in [-0.2, 0) is 10.2 Å². The molecule has 0 aliphatic carbocycles. The smallest absolute Gasteiger partial charge is 0.277 e. The van der Waals surface area contributed by atoms with E-state index in [-0.39, 0.29) is 5.92 Å². The van der Waals surface area contributed by atoms with Gasteiger partial charge in [0.05, 0.1) is 0 Å². The number of nitrogens with two attached hydrogens (primary N) is 1. The van der Waals surface area contributed by atoms with Crippen LogP contribution in [0.15, 0.2) is 0 Å². The van der Waals surface area contributed by atoms with E-state index in [0.717, 1.165) is 6.42 Å². The zero-order valence-electron chi connectivity index (χ0n) is 10.0. The summed E-state index contributed by atoms with van der Waals surface area (Å²) in [6.07, 6.45) is 0.817. The first kappa shape index (κ1) is 14.8. The Labute approximate surface area is 93.0 Å². The zero-order valence-corrected chi connectivity index (χ0v) is 10.8. The van der Waals surface area contributed by atoms with E-state index in [4.69, 9.17) is 5.73 Å². The van der Waals surface area contributed by atoms with E-state index < -0.39 is 15.7 Å². The zero-order chi connectivity index (χ0) is 12.1. The van der Waals surface area contributed by atoms with Crippen molar-refractivity contribution in [3.05, 3.63) is 0 Å². The summed E-state index contributed by atoms with van der Waals surface area (Å²) in [6.45, 7) is 8.37. The van der Waals surface area contributed by atoms with Gasteiger partial charge in [-0.1, -0.05) is 6.92 Å². The van der Waals surface area contributed by atoms with Gasteiger partial charge in [-0.05, 0) is 39.7 Å². The van der Waals surface area contributed by atoms with Crippen molar-refractivity contribution < 1.29 is 8.42 Å². The van der Waals surface area contributed by atoms with Gasteiger partial charge in [0.25, 0.3) is 10.2 Å². The summed E-state index contributed by atoms with van der Waals surface area (Å²) >= 11 is 0. The van der Waals surface area contributed by atoms with Crippen LogP contribution in [0.4, 0.5) is 0 Å². The molecule has 0 saturated heterocycles. The van der Waals surface area contributed by atoms with Gasteiger partial charge in [-0.2, -0.15) is 13.1 Å². The monoisotopic (exact) mass is 237 g/mol. The first-order valence-electron chi connectivity index (χ1n) is 5.15. The van der Waals surface area contributed by atoms with Crippen LogP contribution >= 0.6 is 0 Å². The summed E-state index contributed by atoms with van der Waals surface area (Å²) in [7, 11) is -3.39. The molecule has 4 N–H and O–H groups in total. The predicted octanol–water partition coefficient (Wildman–Crippen LogP) is 0.194. The van der Waals surface area contributed by atoms with Crippen molar-refractivity contribution in [1.82, 2.24) is 9.44 Å². The fourth-order valence-corrected chi connectivity index (χ4v) is 2.46. The first-order chi connectivity index (χ1) is 6.66. The largest absolute Gasteiger partial charge is 0.330 e. The van der Waals surface area contributed by atoms with Crippen molar-refractivity contribution in [2.24, 2.45) is 11.7 Å². The lowest BCUT2D eigenvalue weighted by Crippen LogP contribution is -2.47. The molecule has 0 radical (unpaired) electrons. The summed E-state index contributed by atoms with van der Waals surface area (Å²) in [5, 5.41) is 0. The molecule has 0 aliphatic rings. The van der Waals surface area contributed by atoms with Crippen LogP contribution < -0.4 is 15.2 Å². The highest BCUT2D eigenvalue weighted by Crippen LogP contribution is 2.02. The topological polar surface area (TPSA) is 84.2 Å². The lowest BCUT2D eigenvalue weighted by Gasteiger charge is -2.21. The molecule has 0 heterocycles. The maximum absolute atomic E-state index is 11.5. The highest BCUT2D eigenvalue weighted by atomic mass is 32.2. The van der Waals surface area contributed by atoms with Crippen LogP contribution in [0.3, 0.4) is 0 Å². The molecule has 0 bridgehead atoms. The highest BCUT2D eigenvalue weighted by molar-refractivity contribution is 7.87. The maximum Gasteiger partial charge on any atom is 0.277 e. The van der Waals surface area contributed by atoms with Gasteiger partial charge in [-0.25, -0.2) is 4.72 Å². The second-order valence-electron chi connectivity index (χ2n) is 4.89. The molecular formula is C9H23N3O2S. The summed E-state index contributed by atoms with van der Waals surface area (Å²) in [5.74, 6) is 0.256. The molecule has 6 heteroatoms. The summed E-state index contributed by atoms with van der Waals surface area (Å²) in [5.41, 5.74) is 4.92. The summed E-state index contributed by atoms with van der Waals surface area (Å²) in [4.78, 5) is 0.